The molecule has 0 atom stereocenters. The Morgan fingerprint density at radius 3 is 2.33 bits per heavy atom. The molecule has 0 bridgehead atoms. The maximum absolute atomic E-state index is 10.9. The molecule has 0 unspecified atom stereocenters. The minimum atomic E-state index is -3.45. The van der Waals surface area contributed by atoms with Gasteiger partial charge in [0.1, 0.15) is 0 Å². The van der Waals surface area contributed by atoms with Crippen LogP contribution in [0.1, 0.15) is 16.7 Å². The molecule has 1 aromatic carbocycles. The molecule has 4 nitrogen and oxygen atoms in total. The Bertz CT molecular complexity index is 432. The molecule has 0 heterocycles. The summed E-state index contributed by atoms with van der Waals surface area (Å²) in [6, 6.07) is 5.44. The van der Waals surface area contributed by atoms with Gasteiger partial charge in [-0.15, -0.1) is 12.4 Å². The van der Waals surface area contributed by atoms with Gasteiger partial charge < -0.3 is 5.73 Å². The van der Waals surface area contributed by atoms with E-state index in [4.69, 9.17) is 10.9 Å². The Balaban J connectivity index is 0.00000196. The molecule has 1 rings (SSSR count). The van der Waals surface area contributed by atoms with Gasteiger partial charge in [-0.25, -0.2) is 13.6 Å². The lowest BCUT2D eigenvalue weighted by atomic mass is 10.1. The quantitative estimate of drug-likeness (QED) is 0.827. The number of halogens is 1. The standard InChI is InChI=1S/C9H14N2O2S.ClH/c1-7-4-8(5-10)2-3-9(7)6-14(11,12)13;/h2-4H,5-6,10H2,1H3,(H2,11,12,13);1H. The third-order valence-electron chi connectivity index (χ3n) is 2.00. The maximum Gasteiger partial charge on any atom is 0.213 e. The number of aryl methyl sites for hydroxylation is 1. The Morgan fingerprint density at radius 1 is 1.33 bits per heavy atom. The number of hydrogen-bond acceptors (Lipinski definition) is 3. The van der Waals surface area contributed by atoms with Crippen molar-refractivity contribution >= 4 is 22.4 Å². The number of rotatable bonds is 3. The molecule has 0 saturated carbocycles. The van der Waals surface area contributed by atoms with E-state index < -0.39 is 10.0 Å². The van der Waals surface area contributed by atoms with Crippen molar-refractivity contribution in [2.45, 2.75) is 19.2 Å². The van der Waals surface area contributed by atoms with Gasteiger partial charge >= 0.3 is 0 Å². The van der Waals surface area contributed by atoms with Gasteiger partial charge in [0.2, 0.25) is 10.0 Å². The Kier molecular flexibility index (Phi) is 5.23. The molecule has 4 N–H and O–H groups in total. The molecule has 0 aromatic heterocycles. The highest BCUT2D eigenvalue weighted by atomic mass is 35.5. The topological polar surface area (TPSA) is 86.2 Å². The monoisotopic (exact) mass is 250 g/mol. The third kappa shape index (κ3) is 4.61. The van der Waals surface area contributed by atoms with Crippen LogP contribution in [0.25, 0.3) is 0 Å². The fraction of sp³-hybridized carbons (Fsp3) is 0.333. The molecule has 0 saturated heterocycles. The van der Waals surface area contributed by atoms with E-state index in [1.165, 1.54) is 0 Å². The summed E-state index contributed by atoms with van der Waals surface area (Å²) < 4.78 is 21.7. The molecule has 6 heteroatoms. The second-order valence-corrected chi connectivity index (χ2v) is 4.89. The molecule has 0 radical (unpaired) electrons. The summed E-state index contributed by atoms with van der Waals surface area (Å²) in [5.41, 5.74) is 8.07. The molecule has 1 aromatic rings. The molecule has 0 amide bonds. The highest BCUT2D eigenvalue weighted by molar-refractivity contribution is 7.88. The van der Waals surface area contributed by atoms with Gasteiger partial charge in [0, 0.05) is 6.54 Å². The summed E-state index contributed by atoms with van der Waals surface area (Å²) in [6.45, 7) is 2.30. The summed E-state index contributed by atoms with van der Waals surface area (Å²) in [5, 5.41) is 4.95. The molecule has 0 aliphatic rings. The molecule has 15 heavy (non-hydrogen) atoms. The maximum atomic E-state index is 10.9. The van der Waals surface area contributed by atoms with Crippen molar-refractivity contribution < 1.29 is 8.42 Å². The summed E-state index contributed by atoms with van der Waals surface area (Å²) in [6.07, 6.45) is 0. The smallest absolute Gasteiger partial charge is 0.213 e. The lowest BCUT2D eigenvalue weighted by Crippen LogP contribution is -2.15. The summed E-state index contributed by atoms with van der Waals surface area (Å²) in [5.74, 6) is -0.121. The van der Waals surface area contributed by atoms with Crippen LogP contribution in [0.3, 0.4) is 0 Å². The predicted octanol–water partition coefficient (Wildman–Crippen LogP) is 0.664. The minimum absolute atomic E-state index is 0. The van der Waals surface area contributed by atoms with Crippen molar-refractivity contribution in [1.29, 1.82) is 0 Å². The van der Waals surface area contributed by atoms with Crippen molar-refractivity contribution in [2.75, 3.05) is 0 Å². The fourth-order valence-corrected chi connectivity index (χ4v) is 2.02. The van der Waals surface area contributed by atoms with E-state index in [2.05, 4.69) is 0 Å². The summed E-state index contributed by atoms with van der Waals surface area (Å²) in [7, 11) is -3.45. The largest absolute Gasteiger partial charge is 0.326 e. The summed E-state index contributed by atoms with van der Waals surface area (Å²) in [4.78, 5) is 0. The van der Waals surface area contributed by atoms with Gasteiger partial charge in [-0.1, -0.05) is 18.2 Å². The van der Waals surface area contributed by atoms with Crippen molar-refractivity contribution in [1.82, 2.24) is 0 Å². The molecular weight excluding hydrogens is 236 g/mol. The lowest BCUT2D eigenvalue weighted by Gasteiger charge is -2.06. The number of benzene rings is 1. The van der Waals surface area contributed by atoms with Crippen molar-refractivity contribution in [3.63, 3.8) is 0 Å². The van der Waals surface area contributed by atoms with E-state index in [0.717, 1.165) is 16.7 Å². The van der Waals surface area contributed by atoms with Crippen LogP contribution < -0.4 is 10.9 Å². The first-order valence-electron chi connectivity index (χ1n) is 4.21. The van der Waals surface area contributed by atoms with E-state index in [9.17, 15) is 8.42 Å². The van der Waals surface area contributed by atoms with Gasteiger partial charge in [0.25, 0.3) is 0 Å². The van der Waals surface area contributed by atoms with Crippen molar-refractivity contribution in [3.8, 4) is 0 Å². The first-order valence-corrected chi connectivity index (χ1v) is 5.93. The van der Waals surface area contributed by atoms with E-state index in [1.54, 1.807) is 6.07 Å². The number of hydrogen-bond donors (Lipinski definition) is 2. The van der Waals surface area contributed by atoms with Crippen LogP contribution in [0.2, 0.25) is 0 Å². The number of sulfonamides is 1. The van der Waals surface area contributed by atoms with E-state index >= 15 is 0 Å². The van der Waals surface area contributed by atoms with Crippen LogP contribution >= 0.6 is 12.4 Å². The normalized spacial score (nSPS) is 10.9. The Labute approximate surface area is 96.1 Å². The second-order valence-electron chi connectivity index (χ2n) is 3.27. The first-order chi connectivity index (χ1) is 6.42. The third-order valence-corrected chi connectivity index (χ3v) is 2.71. The average Bonchev–Trinajstić information content (AvgIpc) is 2.06. The number of primary sulfonamides is 1. The van der Waals surface area contributed by atoms with Gasteiger partial charge in [-0.2, -0.15) is 0 Å². The van der Waals surface area contributed by atoms with Crippen molar-refractivity contribution in [3.05, 3.63) is 34.9 Å². The molecular formula is C9H15ClN2O2S. The zero-order chi connectivity index (χ0) is 10.8. The van der Waals surface area contributed by atoms with Crippen LogP contribution in [-0.4, -0.2) is 8.42 Å². The lowest BCUT2D eigenvalue weighted by molar-refractivity contribution is 0.597. The SMILES string of the molecule is Cc1cc(CN)ccc1CS(N)(=O)=O.Cl. The first kappa shape index (κ1) is 14.4. The summed E-state index contributed by atoms with van der Waals surface area (Å²) >= 11 is 0. The highest BCUT2D eigenvalue weighted by Gasteiger charge is 2.07. The molecule has 0 spiro atoms. The minimum Gasteiger partial charge on any atom is -0.326 e. The van der Waals surface area contributed by atoms with Crippen LogP contribution in [0.15, 0.2) is 18.2 Å². The highest BCUT2D eigenvalue weighted by Crippen LogP contribution is 2.12. The van der Waals surface area contributed by atoms with Crippen LogP contribution in [-0.2, 0) is 22.3 Å². The average molecular weight is 251 g/mol. The van der Waals surface area contributed by atoms with Crippen LogP contribution in [0.5, 0.6) is 0 Å². The van der Waals surface area contributed by atoms with Gasteiger partial charge in [0.15, 0.2) is 0 Å². The zero-order valence-corrected chi connectivity index (χ0v) is 10.1. The molecule has 0 fully saturated rings. The van der Waals surface area contributed by atoms with E-state index in [1.807, 2.05) is 19.1 Å². The zero-order valence-electron chi connectivity index (χ0n) is 8.43. The molecule has 0 aliphatic heterocycles. The Hall–Kier alpha value is -0.620. The van der Waals surface area contributed by atoms with Gasteiger partial charge in [-0.3, -0.25) is 0 Å². The fourth-order valence-electron chi connectivity index (χ4n) is 1.26. The molecule has 86 valence electrons. The Morgan fingerprint density at radius 2 is 1.93 bits per heavy atom. The van der Waals surface area contributed by atoms with Gasteiger partial charge in [0.05, 0.1) is 5.75 Å². The molecule has 0 aliphatic carbocycles. The van der Waals surface area contributed by atoms with E-state index in [0.29, 0.717) is 6.54 Å². The second kappa shape index (κ2) is 5.46. The number of nitrogens with two attached hydrogens (primary N) is 2. The van der Waals surface area contributed by atoms with Crippen LogP contribution in [0, 0.1) is 6.92 Å². The predicted molar refractivity (Wildman–Crippen MR) is 63.1 cm³/mol. The van der Waals surface area contributed by atoms with Crippen LogP contribution in [0.4, 0.5) is 0 Å². The van der Waals surface area contributed by atoms with Gasteiger partial charge in [-0.05, 0) is 23.6 Å². The van der Waals surface area contributed by atoms with Crippen molar-refractivity contribution in [2.24, 2.45) is 10.9 Å². The van der Waals surface area contributed by atoms with E-state index in [-0.39, 0.29) is 18.2 Å².